The Kier molecular flexibility index (Phi) is 6.60. The number of primary amides is 1. The van der Waals surface area contributed by atoms with Gasteiger partial charge in [-0.25, -0.2) is 9.37 Å². The highest BCUT2D eigenvalue weighted by Crippen LogP contribution is 2.25. The molecule has 0 bridgehead atoms. The average molecular weight is 425 g/mol. The Morgan fingerprint density at radius 1 is 1.13 bits per heavy atom. The molecule has 2 aromatic carbocycles. The van der Waals surface area contributed by atoms with Gasteiger partial charge < -0.3 is 21.1 Å². The predicted molar refractivity (Wildman–Crippen MR) is 112 cm³/mol. The Labute approximate surface area is 176 Å². The van der Waals surface area contributed by atoms with Gasteiger partial charge in [-0.05, 0) is 29.9 Å². The van der Waals surface area contributed by atoms with Crippen molar-refractivity contribution in [1.29, 1.82) is 0 Å². The molecule has 1 heterocycles. The van der Waals surface area contributed by atoms with Crippen molar-refractivity contribution in [1.82, 2.24) is 15.3 Å². The fraction of sp³-hybridized carbons (Fsp3) is 0.0500. The molecule has 0 unspecified atom stereocenters. The summed E-state index contributed by atoms with van der Waals surface area (Å²) in [7, 11) is 0. The molecule has 0 aliphatic heterocycles. The van der Waals surface area contributed by atoms with Gasteiger partial charge in [-0.2, -0.15) is 4.98 Å². The number of thiocarbonyl (C=S) groups is 1. The maximum absolute atomic E-state index is 14.4. The summed E-state index contributed by atoms with van der Waals surface area (Å²) in [6, 6.07) is 14.5. The first-order valence-electron chi connectivity index (χ1n) is 8.66. The van der Waals surface area contributed by atoms with Crippen molar-refractivity contribution in [2.24, 2.45) is 5.73 Å². The standard InChI is InChI=1S/C20H16FN5O3S/c21-14-11-13(24-20(30)25-16(27)10-12-4-2-1-3-5-12)6-7-15(14)29-17-8-9-23-19(26-17)18(22)28/h1-9,11H,10H2,(H2,22,28)(H2,24,25,27,30). The molecule has 10 heteroatoms. The first-order chi connectivity index (χ1) is 14.4. The van der Waals surface area contributed by atoms with Gasteiger partial charge in [0, 0.05) is 24.0 Å². The molecular formula is C20H16FN5O3S. The number of carbonyl (C=O) groups is 2. The summed E-state index contributed by atoms with van der Waals surface area (Å²) in [6.45, 7) is 0. The maximum atomic E-state index is 14.4. The van der Waals surface area contributed by atoms with Crippen molar-refractivity contribution in [3.63, 3.8) is 0 Å². The lowest BCUT2D eigenvalue weighted by Crippen LogP contribution is -2.35. The van der Waals surface area contributed by atoms with Crippen LogP contribution in [0.25, 0.3) is 0 Å². The zero-order valence-electron chi connectivity index (χ0n) is 15.5. The second-order valence-electron chi connectivity index (χ2n) is 5.99. The number of halogens is 1. The van der Waals surface area contributed by atoms with Crippen LogP contribution in [0.3, 0.4) is 0 Å². The monoisotopic (exact) mass is 425 g/mol. The van der Waals surface area contributed by atoms with E-state index in [1.807, 2.05) is 30.3 Å². The molecule has 30 heavy (non-hydrogen) atoms. The van der Waals surface area contributed by atoms with Crippen molar-refractivity contribution in [2.75, 3.05) is 5.32 Å². The molecule has 0 spiro atoms. The number of anilines is 1. The average Bonchev–Trinajstić information content (AvgIpc) is 2.71. The van der Waals surface area contributed by atoms with E-state index in [1.165, 1.54) is 24.4 Å². The van der Waals surface area contributed by atoms with Crippen molar-refractivity contribution in [3.8, 4) is 11.6 Å². The molecule has 0 radical (unpaired) electrons. The number of nitrogens with zero attached hydrogens (tertiary/aromatic N) is 2. The molecule has 152 valence electrons. The normalized spacial score (nSPS) is 10.2. The van der Waals surface area contributed by atoms with Crippen LogP contribution in [0.2, 0.25) is 0 Å². The highest BCUT2D eigenvalue weighted by Gasteiger charge is 2.11. The number of ether oxygens (including phenoxy) is 1. The second kappa shape index (κ2) is 9.52. The second-order valence-corrected chi connectivity index (χ2v) is 6.40. The summed E-state index contributed by atoms with van der Waals surface area (Å²) in [5, 5.41) is 5.30. The molecular weight excluding hydrogens is 409 g/mol. The Morgan fingerprint density at radius 3 is 2.60 bits per heavy atom. The minimum atomic E-state index is -0.830. The summed E-state index contributed by atoms with van der Waals surface area (Å²) >= 11 is 5.09. The van der Waals surface area contributed by atoms with Gasteiger partial charge in [0.15, 0.2) is 16.7 Å². The molecule has 0 fully saturated rings. The predicted octanol–water partition coefficient (Wildman–Crippen LogP) is 2.56. The van der Waals surface area contributed by atoms with Crippen LogP contribution < -0.4 is 21.1 Å². The summed E-state index contributed by atoms with van der Waals surface area (Å²) in [6.07, 6.45) is 1.43. The maximum Gasteiger partial charge on any atom is 0.286 e. The number of benzene rings is 2. The van der Waals surface area contributed by atoms with Crippen LogP contribution in [0.5, 0.6) is 11.6 Å². The van der Waals surface area contributed by atoms with Crippen LogP contribution in [0, 0.1) is 5.82 Å². The van der Waals surface area contributed by atoms with E-state index in [0.29, 0.717) is 5.69 Å². The number of hydrogen-bond donors (Lipinski definition) is 3. The van der Waals surface area contributed by atoms with E-state index in [0.717, 1.165) is 11.6 Å². The highest BCUT2D eigenvalue weighted by molar-refractivity contribution is 7.80. The quantitative estimate of drug-likeness (QED) is 0.519. The van der Waals surface area contributed by atoms with E-state index in [-0.39, 0.29) is 34.9 Å². The lowest BCUT2D eigenvalue weighted by atomic mass is 10.1. The number of nitrogens with two attached hydrogens (primary N) is 1. The SMILES string of the molecule is NC(=O)c1nccc(Oc2ccc(NC(=S)NC(=O)Cc3ccccc3)cc2F)n1. The zero-order valence-corrected chi connectivity index (χ0v) is 16.3. The van der Waals surface area contributed by atoms with E-state index >= 15 is 0 Å². The minimum absolute atomic E-state index is 0.0332. The van der Waals surface area contributed by atoms with Crippen molar-refractivity contribution in [3.05, 3.63) is 78.0 Å². The number of rotatable bonds is 6. The van der Waals surface area contributed by atoms with Gasteiger partial charge in [-0.1, -0.05) is 30.3 Å². The first kappa shape index (κ1) is 20.8. The summed E-state index contributed by atoms with van der Waals surface area (Å²) in [5.74, 6) is -2.26. The van der Waals surface area contributed by atoms with Gasteiger partial charge in [0.25, 0.3) is 5.91 Å². The third-order valence-corrected chi connectivity index (χ3v) is 3.92. The third kappa shape index (κ3) is 5.79. The number of nitrogens with one attached hydrogen (secondary N) is 2. The lowest BCUT2D eigenvalue weighted by Gasteiger charge is -2.11. The molecule has 4 N–H and O–H groups in total. The van der Waals surface area contributed by atoms with Crippen LogP contribution >= 0.6 is 12.2 Å². The lowest BCUT2D eigenvalue weighted by molar-refractivity contribution is -0.119. The number of hydrogen-bond acceptors (Lipinski definition) is 6. The fourth-order valence-electron chi connectivity index (χ4n) is 2.41. The van der Waals surface area contributed by atoms with E-state index in [2.05, 4.69) is 20.6 Å². The van der Waals surface area contributed by atoms with Gasteiger partial charge in [0.2, 0.25) is 17.6 Å². The van der Waals surface area contributed by atoms with E-state index in [4.69, 9.17) is 22.7 Å². The van der Waals surface area contributed by atoms with Crippen molar-refractivity contribution in [2.45, 2.75) is 6.42 Å². The molecule has 1 aromatic heterocycles. The van der Waals surface area contributed by atoms with E-state index in [9.17, 15) is 14.0 Å². The summed E-state index contributed by atoms with van der Waals surface area (Å²) in [5.41, 5.74) is 6.26. The fourth-order valence-corrected chi connectivity index (χ4v) is 2.64. The van der Waals surface area contributed by atoms with E-state index in [1.54, 1.807) is 0 Å². The van der Waals surface area contributed by atoms with Gasteiger partial charge in [0.05, 0.1) is 6.42 Å². The molecule has 0 saturated heterocycles. The van der Waals surface area contributed by atoms with Gasteiger partial charge in [0.1, 0.15) is 0 Å². The zero-order chi connectivity index (χ0) is 21.5. The molecule has 2 amide bonds. The smallest absolute Gasteiger partial charge is 0.286 e. The molecule has 3 aromatic rings. The van der Waals surface area contributed by atoms with E-state index < -0.39 is 11.7 Å². The van der Waals surface area contributed by atoms with Crippen molar-refractivity contribution < 1.29 is 18.7 Å². The van der Waals surface area contributed by atoms with Crippen molar-refractivity contribution >= 4 is 34.8 Å². The van der Waals surface area contributed by atoms with Gasteiger partial charge in [-0.15, -0.1) is 0 Å². The van der Waals surface area contributed by atoms with Crippen LogP contribution in [0.4, 0.5) is 10.1 Å². The Hall–Kier alpha value is -3.92. The first-order valence-corrected chi connectivity index (χ1v) is 9.06. The van der Waals surface area contributed by atoms with Gasteiger partial charge in [-0.3, -0.25) is 9.59 Å². The number of amides is 2. The Bertz CT molecular complexity index is 1090. The van der Waals surface area contributed by atoms with Crippen LogP contribution in [-0.2, 0) is 11.2 Å². The number of carbonyl (C=O) groups excluding carboxylic acids is 2. The molecule has 0 aliphatic rings. The Balaban J connectivity index is 1.59. The minimum Gasteiger partial charge on any atom is -0.436 e. The summed E-state index contributed by atoms with van der Waals surface area (Å²) in [4.78, 5) is 30.6. The third-order valence-electron chi connectivity index (χ3n) is 3.72. The van der Waals surface area contributed by atoms with Gasteiger partial charge >= 0.3 is 0 Å². The topological polar surface area (TPSA) is 119 Å². The molecule has 0 saturated carbocycles. The Morgan fingerprint density at radius 2 is 1.90 bits per heavy atom. The molecule has 0 aliphatic carbocycles. The van der Waals surface area contributed by atoms with Crippen LogP contribution in [0.15, 0.2) is 60.8 Å². The highest BCUT2D eigenvalue weighted by atomic mass is 32.1. The largest absolute Gasteiger partial charge is 0.436 e. The summed E-state index contributed by atoms with van der Waals surface area (Å²) < 4.78 is 19.7. The molecule has 8 nitrogen and oxygen atoms in total. The molecule has 3 rings (SSSR count). The van der Waals surface area contributed by atoms with Crippen LogP contribution in [-0.4, -0.2) is 26.9 Å². The number of aromatic nitrogens is 2. The molecule has 0 atom stereocenters. The van der Waals surface area contributed by atoms with Crippen LogP contribution in [0.1, 0.15) is 16.2 Å².